The summed E-state index contributed by atoms with van der Waals surface area (Å²) in [4.78, 5) is 0. The number of nitrogens with two attached hydrogens (primary N) is 1. The van der Waals surface area contributed by atoms with Gasteiger partial charge in [-0.15, -0.1) is 0 Å². The predicted molar refractivity (Wildman–Crippen MR) is 58.9 cm³/mol. The number of hydrogen-bond acceptors (Lipinski definition) is 4. The van der Waals surface area contributed by atoms with Crippen LogP contribution >= 0.6 is 11.5 Å². The zero-order valence-corrected chi connectivity index (χ0v) is 8.45. The molecule has 2 N–H and O–H groups in total. The highest BCUT2D eigenvalue weighted by Gasteiger charge is 2.03. The Morgan fingerprint density at radius 1 is 1.21 bits per heavy atom. The quantitative estimate of drug-likeness (QED) is 0.615. The van der Waals surface area contributed by atoms with E-state index in [-0.39, 0.29) is 0 Å². The Hall–Kier alpha value is -1.39. The predicted octanol–water partition coefficient (Wildman–Crippen LogP) is 2.02. The van der Waals surface area contributed by atoms with Crippen molar-refractivity contribution in [2.75, 3.05) is 5.01 Å². The average Bonchev–Trinajstić information content (AvgIpc) is 2.72. The molecular weight excluding hydrogens is 194 g/mol. The number of hydrazine groups is 1. The largest absolute Gasteiger partial charge is 0.296 e. The Morgan fingerprint density at radius 2 is 2.00 bits per heavy atom. The Kier molecular flexibility index (Phi) is 2.76. The van der Waals surface area contributed by atoms with Crippen LogP contribution in [0.5, 0.6) is 0 Å². The molecule has 1 aromatic heterocycles. The lowest BCUT2D eigenvalue weighted by Gasteiger charge is -2.15. The van der Waals surface area contributed by atoms with Gasteiger partial charge in [-0.2, -0.15) is 4.37 Å². The third kappa shape index (κ3) is 2.10. The number of aromatic nitrogens is 1. The van der Waals surface area contributed by atoms with E-state index in [9.17, 15) is 0 Å². The lowest BCUT2D eigenvalue weighted by Crippen LogP contribution is -2.29. The molecule has 3 nitrogen and oxygen atoms in total. The first kappa shape index (κ1) is 9.18. The van der Waals surface area contributed by atoms with Gasteiger partial charge in [0, 0.05) is 6.20 Å². The van der Waals surface area contributed by atoms with Gasteiger partial charge >= 0.3 is 0 Å². The molecule has 1 heterocycles. The minimum atomic E-state index is 0.711. The molecule has 2 aromatic rings. The van der Waals surface area contributed by atoms with Crippen molar-refractivity contribution in [3.8, 4) is 0 Å². The first-order chi connectivity index (χ1) is 6.86. The molecule has 4 heteroatoms. The van der Waals surface area contributed by atoms with E-state index in [2.05, 4.69) is 16.5 Å². The van der Waals surface area contributed by atoms with E-state index in [4.69, 9.17) is 5.84 Å². The van der Waals surface area contributed by atoms with E-state index in [1.165, 1.54) is 17.1 Å². The van der Waals surface area contributed by atoms with Crippen LogP contribution in [0.4, 0.5) is 5.00 Å². The minimum absolute atomic E-state index is 0.711. The van der Waals surface area contributed by atoms with Crippen molar-refractivity contribution >= 4 is 16.5 Å². The zero-order chi connectivity index (χ0) is 9.80. The van der Waals surface area contributed by atoms with Crippen LogP contribution in [0, 0.1) is 0 Å². The summed E-state index contributed by atoms with van der Waals surface area (Å²) in [5, 5.41) is 2.68. The van der Waals surface area contributed by atoms with E-state index >= 15 is 0 Å². The van der Waals surface area contributed by atoms with Crippen LogP contribution in [-0.2, 0) is 6.54 Å². The Labute approximate surface area is 86.9 Å². The number of hydrogen-bond donors (Lipinski definition) is 1. The molecular formula is C10H11N3S. The summed E-state index contributed by atoms with van der Waals surface area (Å²) in [5.74, 6) is 5.88. The maximum absolute atomic E-state index is 5.88. The Balaban J connectivity index is 2.06. The van der Waals surface area contributed by atoms with Gasteiger partial charge in [-0.1, -0.05) is 30.3 Å². The molecule has 0 aliphatic heterocycles. The van der Waals surface area contributed by atoms with Crippen molar-refractivity contribution in [3.05, 3.63) is 48.2 Å². The highest BCUT2D eigenvalue weighted by Crippen LogP contribution is 2.17. The van der Waals surface area contributed by atoms with E-state index in [0.717, 1.165) is 5.00 Å². The van der Waals surface area contributed by atoms with Crippen molar-refractivity contribution in [2.45, 2.75) is 6.54 Å². The van der Waals surface area contributed by atoms with Crippen LogP contribution in [0.25, 0.3) is 0 Å². The summed E-state index contributed by atoms with van der Waals surface area (Å²) in [6.45, 7) is 0.711. The van der Waals surface area contributed by atoms with Gasteiger partial charge in [0.25, 0.3) is 0 Å². The number of nitrogens with zero attached hydrogens (tertiary/aromatic N) is 2. The van der Waals surface area contributed by atoms with Crippen LogP contribution < -0.4 is 10.9 Å². The van der Waals surface area contributed by atoms with E-state index < -0.39 is 0 Å². The smallest absolute Gasteiger partial charge is 0.126 e. The first-order valence-electron chi connectivity index (χ1n) is 4.33. The van der Waals surface area contributed by atoms with Crippen molar-refractivity contribution in [1.82, 2.24) is 4.37 Å². The molecule has 0 atom stereocenters. The van der Waals surface area contributed by atoms with Crippen molar-refractivity contribution < 1.29 is 0 Å². The molecule has 2 rings (SSSR count). The fourth-order valence-corrected chi connectivity index (χ4v) is 1.74. The van der Waals surface area contributed by atoms with Crippen LogP contribution in [0.15, 0.2) is 42.6 Å². The summed E-state index contributed by atoms with van der Waals surface area (Å²) in [6.07, 6.45) is 1.75. The van der Waals surface area contributed by atoms with Gasteiger partial charge in [0.05, 0.1) is 6.54 Å². The SMILES string of the molecule is NN(Cc1ccccc1)c1ccns1. The molecule has 0 saturated carbocycles. The standard InChI is InChI=1S/C10H11N3S/c11-13(10-6-7-12-14-10)8-9-4-2-1-3-5-9/h1-7H,8,11H2. The van der Waals surface area contributed by atoms with Crippen LogP contribution in [0.2, 0.25) is 0 Å². The van der Waals surface area contributed by atoms with Gasteiger partial charge in [0.15, 0.2) is 0 Å². The fourth-order valence-electron chi connectivity index (χ4n) is 1.22. The summed E-state index contributed by atoms with van der Waals surface area (Å²) >= 11 is 1.40. The van der Waals surface area contributed by atoms with E-state index in [1.807, 2.05) is 24.3 Å². The van der Waals surface area contributed by atoms with Gasteiger partial charge in [-0.05, 0) is 23.2 Å². The van der Waals surface area contributed by atoms with Gasteiger partial charge in [0.1, 0.15) is 5.00 Å². The molecule has 0 spiro atoms. The molecule has 0 saturated heterocycles. The molecule has 0 unspecified atom stereocenters. The maximum Gasteiger partial charge on any atom is 0.126 e. The second kappa shape index (κ2) is 4.21. The second-order valence-corrected chi connectivity index (χ2v) is 3.78. The summed E-state index contributed by atoms with van der Waals surface area (Å²) in [6, 6.07) is 12.0. The topological polar surface area (TPSA) is 42.1 Å². The normalized spacial score (nSPS) is 10.1. The van der Waals surface area contributed by atoms with Gasteiger partial charge in [-0.25, -0.2) is 5.84 Å². The van der Waals surface area contributed by atoms with Crippen LogP contribution in [0.1, 0.15) is 5.56 Å². The fraction of sp³-hybridized carbons (Fsp3) is 0.100. The number of rotatable bonds is 3. The lowest BCUT2D eigenvalue weighted by molar-refractivity contribution is 0.864. The summed E-state index contributed by atoms with van der Waals surface area (Å²) < 4.78 is 4.00. The lowest BCUT2D eigenvalue weighted by atomic mass is 10.2. The summed E-state index contributed by atoms with van der Waals surface area (Å²) in [5.41, 5.74) is 1.20. The minimum Gasteiger partial charge on any atom is -0.296 e. The third-order valence-electron chi connectivity index (χ3n) is 1.90. The Morgan fingerprint density at radius 3 is 2.64 bits per heavy atom. The molecule has 0 amide bonds. The van der Waals surface area contributed by atoms with E-state index in [0.29, 0.717) is 6.54 Å². The molecule has 0 fully saturated rings. The van der Waals surface area contributed by atoms with Gasteiger partial charge < -0.3 is 0 Å². The first-order valence-corrected chi connectivity index (χ1v) is 5.10. The van der Waals surface area contributed by atoms with Crippen LogP contribution in [0.3, 0.4) is 0 Å². The van der Waals surface area contributed by atoms with Crippen LogP contribution in [-0.4, -0.2) is 4.37 Å². The maximum atomic E-state index is 5.88. The third-order valence-corrected chi connectivity index (χ3v) is 2.69. The monoisotopic (exact) mass is 205 g/mol. The highest BCUT2D eigenvalue weighted by atomic mass is 32.1. The van der Waals surface area contributed by atoms with Crippen molar-refractivity contribution in [3.63, 3.8) is 0 Å². The zero-order valence-electron chi connectivity index (χ0n) is 7.63. The molecule has 0 aliphatic rings. The van der Waals surface area contributed by atoms with E-state index in [1.54, 1.807) is 11.2 Å². The number of benzene rings is 1. The van der Waals surface area contributed by atoms with Crippen molar-refractivity contribution in [2.24, 2.45) is 5.84 Å². The number of anilines is 1. The van der Waals surface area contributed by atoms with Gasteiger partial charge in [0.2, 0.25) is 0 Å². The highest BCUT2D eigenvalue weighted by molar-refractivity contribution is 7.10. The molecule has 14 heavy (non-hydrogen) atoms. The second-order valence-electron chi connectivity index (χ2n) is 2.96. The average molecular weight is 205 g/mol. The summed E-state index contributed by atoms with van der Waals surface area (Å²) in [7, 11) is 0. The molecule has 72 valence electrons. The molecule has 0 radical (unpaired) electrons. The molecule has 0 aliphatic carbocycles. The molecule has 0 bridgehead atoms. The molecule has 1 aromatic carbocycles. The van der Waals surface area contributed by atoms with Crippen molar-refractivity contribution in [1.29, 1.82) is 0 Å². The Bertz CT molecular complexity index is 372. The van der Waals surface area contributed by atoms with Gasteiger partial charge in [-0.3, -0.25) is 5.01 Å².